The number of rotatable bonds is 1. The van der Waals surface area contributed by atoms with E-state index in [0.29, 0.717) is 5.69 Å². The molecule has 88 valence electrons. The molecule has 0 fully saturated rings. The van der Waals surface area contributed by atoms with Gasteiger partial charge in [0.15, 0.2) is 4.77 Å². The molecule has 1 heterocycles. The van der Waals surface area contributed by atoms with Gasteiger partial charge in [0.25, 0.3) is 0 Å². The van der Waals surface area contributed by atoms with Crippen LogP contribution in [0.2, 0.25) is 0 Å². The van der Waals surface area contributed by atoms with Crippen molar-refractivity contribution < 1.29 is 0 Å². The molecule has 6 heteroatoms. The van der Waals surface area contributed by atoms with E-state index in [1.165, 1.54) is 16.2 Å². The summed E-state index contributed by atoms with van der Waals surface area (Å²) >= 11 is 5.12. The highest BCUT2D eigenvalue weighted by Crippen LogP contribution is 2.03. The zero-order chi connectivity index (χ0) is 12.6. The van der Waals surface area contributed by atoms with Gasteiger partial charge in [-0.3, -0.25) is 4.57 Å². The number of aromatic nitrogens is 3. The lowest BCUT2D eigenvalue weighted by molar-refractivity contribution is 0.599. The number of para-hydroxylation sites is 1. The molecule has 0 amide bonds. The van der Waals surface area contributed by atoms with Crippen LogP contribution in [-0.2, 0) is 14.1 Å². The zero-order valence-corrected chi connectivity index (χ0v) is 10.3. The standard InChI is InChI=1S/C11H11N3O2S/c1-12-9(15)13(2)11(17)14(10(12)16)8-6-4-3-5-7-8/h3-7H,1-2H3. The SMILES string of the molecule is Cn1c(=O)n(C)c(=S)n(-c2ccccc2)c1=O. The first-order valence-electron chi connectivity index (χ1n) is 4.98. The van der Waals surface area contributed by atoms with E-state index in [1.54, 1.807) is 19.2 Å². The lowest BCUT2D eigenvalue weighted by Gasteiger charge is -2.10. The topological polar surface area (TPSA) is 48.9 Å². The summed E-state index contributed by atoms with van der Waals surface area (Å²) in [5, 5.41) is 0. The molecule has 2 rings (SSSR count). The molecule has 17 heavy (non-hydrogen) atoms. The Balaban J connectivity index is 2.95. The van der Waals surface area contributed by atoms with Crippen LogP contribution in [0.1, 0.15) is 0 Å². The van der Waals surface area contributed by atoms with Gasteiger partial charge in [-0.2, -0.15) is 0 Å². The summed E-state index contributed by atoms with van der Waals surface area (Å²) in [5.41, 5.74) is -0.217. The van der Waals surface area contributed by atoms with Crippen LogP contribution in [0.25, 0.3) is 5.69 Å². The van der Waals surface area contributed by atoms with E-state index >= 15 is 0 Å². The summed E-state index contributed by atoms with van der Waals surface area (Å²) in [6, 6.07) is 8.99. The van der Waals surface area contributed by atoms with Gasteiger partial charge in [0.05, 0.1) is 5.69 Å². The highest BCUT2D eigenvalue weighted by molar-refractivity contribution is 7.71. The van der Waals surface area contributed by atoms with E-state index < -0.39 is 11.4 Å². The molecule has 0 atom stereocenters. The van der Waals surface area contributed by atoms with Gasteiger partial charge in [0.1, 0.15) is 0 Å². The van der Waals surface area contributed by atoms with Crippen LogP contribution in [0.3, 0.4) is 0 Å². The number of hydrogen-bond donors (Lipinski definition) is 0. The lowest BCUT2D eigenvalue weighted by atomic mass is 10.3. The van der Waals surface area contributed by atoms with Gasteiger partial charge in [-0.05, 0) is 24.4 Å². The monoisotopic (exact) mass is 249 g/mol. The van der Waals surface area contributed by atoms with Crippen molar-refractivity contribution in [2.75, 3.05) is 0 Å². The Kier molecular flexibility index (Phi) is 2.81. The maximum atomic E-state index is 12.0. The van der Waals surface area contributed by atoms with Crippen molar-refractivity contribution >= 4 is 12.2 Å². The van der Waals surface area contributed by atoms with Gasteiger partial charge in [-0.15, -0.1) is 0 Å². The second-order valence-electron chi connectivity index (χ2n) is 3.64. The summed E-state index contributed by atoms with van der Waals surface area (Å²) < 4.78 is 3.81. The largest absolute Gasteiger partial charge is 0.338 e. The average Bonchev–Trinajstić information content (AvgIpc) is 2.36. The summed E-state index contributed by atoms with van der Waals surface area (Å²) in [4.78, 5) is 23.6. The first-order valence-corrected chi connectivity index (χ1v) is 5.39. The average molecular weight is 249 g/mol. The molecular weight excluding hydrogens is 238 g/mol. The van der Waals surface area contributed by atoms with E-state index in [-0.39, 0.29) is 4.77 Å². The molecule has 1 aromatic heterocycles. The lowest BCUT2D eigenvalue weighted by Crippen LogP contribution is -2.43. The smallest absolute Gasteiger partial charge is 0.273 e. The molecule has 0 spiro atoms. The predicted octanol–water partition coefficient (Wildman–Crippen LogP) is 0.604. The van der Waals surface area contributed by atoms with Gasteiger partial charge >= 0.3 is 11.4 Å². The highest BCUT2D eigenvalue weighted by Gasteiger charge is 2.08. The molecule has 0 aliphatic heterocycles. The van der Waals surface area contributed by atoms with Crippen LogP contribution in [0.5, 0.6) is 0 Å². The van der Waals surface area contributed by atoms with Crippen molar-refractivity contribution in [3.05, 3.63) is 56.1 Å². The minimum absolute atomic E-state index is 0.185. The Bertz CT molecular complexity index is 685. The van der Waals surface area contributed by atoms with Crippen molar-refractivity contribution in [3.63, 3.8) is 0 Å². The van der Waals surface area contributed by atoms with Crippen LogP contribution in [0.4, 0.5) is 0 Å². The second-order valence-corrected chi connectivity index (χ2v) is 4.00. The van der Waals surface area contributed by atoms with Crippen molar-refractivity contribution in [2.45, 2.75) is 0 Å². The highest BCUT2D eigenvalue weighted by atomic mass is 32.1. The minimum atomic E-state index is -0.440. The van der Waals surface area contributed by atoms with Gasteiger partial charge < -0.3 is 0 Å². The van der Waals surface area contributed by atoms with Crippen LogP contribution in [-0.4, -0.2) is 13.7 Å². The van der Waals surface area contributed by atoms with E-state index in [4.69, 9.17) is 12.2 Å². The maximum absolute atomic E-state index is 12.0. The molecule has 0 unspecified atom stereocenters. The molecule has 0 saturated carbocycles. The van der Waals surface area contributed by atoms with E-state index in [1.807, 2.05) is 18.2 Å². The number of nitrogens with zero attached hydrogens (tertiary/aromatic N) is 3. The molecular formula is C11H11N3O2S. The van der Waals surface area contributed by atoms with Crippen molar-refractivity contribution in [2.24, 2.45) is 14.1 Å². The fourth-order valence-corrected chi connectivity index (χ4v) is 1.83. The third kappa shape index (κ3) is 1.76. The summed E-state index contributed by atoms with van der Waals surface area (Å²) in [6.45, 7) is 0. The van der Waals surface area contributed by atoms with Crippen LogP contribution in [0, 0.1) is 4.77 Å². The van der Waals surface area contributed by atoms with Gasteiger partial charge in [0, 0.05) is 14.1 Å². The molecule has 0 radical (unpaired) electrons. The van der Waals surface area contributed by atoms with Crippen molar-refractivity contribution in [1.29, 1.82) is 0 Å². The van der Waals surface area contributed by atoms with Gasteiger partial charge in [-0.1, -0.05) is 18.2 Å². The number of hydrogen-bond acceptors (Lipinski definition) is 3. The van der Waals surface area contributed by atoms with Gasteiger partial charge in [0.2, 0.25) is 0 Å². The summed E-state index contributed by atoms with van der Waals surface area (Å²) in [7, 11) is 2.97. The normalized spacial score (nSPS) is 10.5. The number of benzene rings is 1. The quantitative estimate of drug-likeness (QED) is 0.696. The second kappa shape index (κ2) is 4.14. The molecule has 1 aromatic carbocycles. The van der Waals surface area contributed by atoms with Crippen LogP contribution in [0.15, 0.2) is 39.9 Å². The first kappa shape index (κ1) is 11.5. The fourth-order valence-electron chi connectivity index (χ4n) is 1.57. The fraction of sp³-hybridized carbons (Fsp3) is 0.182. The molecule has 0 N–H and O–H groups in total. The molecule has 0 aliphatic carbocycles. The third-order valence-corrected chi connectivity index (χ3v) is 3.00. The first-order chi connectivity index (χ1) is 8.04. The molecule has 0 saturated heterocycles. The van der Waals surface area contributed by atoms with Gasteiger partial charge in [-0.25, -0.2) is 18.7 Å². The minimum Gasteiger partial charge on any atom is -0.273 e. The van der Waals surface area contributed by atoms with E-state index in [0.717, 1.165) is 4.57 Å². The van der Waals surface area contributed by atoms with Crippen molar-refractivity contribution in [3.8, 4) is 5.69 Å². The van der Waals surface area contributed by atoms with E-state index in [2.05, 4.69) is 0 Å². The Hall–Kier alpha value is -1.95. The maximum Gasteiger partial charge on any atom is 0.338 e. The Morgan fingerprint density at radius 3 is 2.12 bits per heavy atom. The molecule has 0 aliphatic rings. The third-order valence-electron chi connectivity index (χ3n) is 2.54. The molecule has 5 nitrogen and oxygen atoms in total. The Labute approximate surface area is 102 Å². The van der Waals surface area contributed by atoms with Crippen LogP contribution < -0.4 is 11.4 Å². The Morgan fingerprint density at radius 1 is 0.941 bits per heavy atom. The molecule has 2 aromatic rings. The summed E-state index contributed by atoms with van der Waals surface area (Å²) in [6.07, 6.45) is 0. The Morgan fingerprint density at radius 2 is 1.53 bits per heavy atom. The predicted molar refractivity (Wildman–Crippen MR) is 67.1 cm³/mol. The zero-order valence-electron chi connectivity index (χ0n) is 9.45. The summed E-state index contributed by atoms with van der Waals surface area (Å²) in [5.74, 6) is 0. The van der Waals surface area contributed by atoms with Crippen molar-refractivity contribution in [1.82, 2.24) is 13.7 Å². The molecule has 0 bridgehead atoms. The van der Waals surface area contributed by atoms with E-state index in [9.17, 15) is 9.59 Å². The van der Waals surface area contributed by atoms with Crippen LogP contribution >= 0.6 is 12.2 Å².